The van der Waals surface area contributed by atoms with Crippen LogP contribution in [0.1, 0.15) is 23.3 Å². The summed E-state index contributed by atoms with van der Waals surface area (Å²) in [5.41, 5.74) is 4.81. The van der Waals surface area contributed by atoms with Crippen LogP contribution in [-0.4, -0.2) is 6.02 Å². The van der Waals surface area contributed by atoms with E-state index in [9.17, 15) is 0 Å². The summed E-state index contributed by atoms with van der Waals surface area (Å²) in [4.78, 5) is 0. The van der Waals surface area contributed by atoms with Crippen molar-refractivity contribution in [3.63, 3.8) is 0 Å². The molecule has 0 aliphatic rings. The normalized spacial score (nSPS) is 43.8. The lowest BCUT2D eigenvalue weighted by Gasteiger charge is -1.81. The van der Waals surface area contributed by atoms with Crippen LogP contribution < -0.4 is 5.73 Å². The number of nitrogens with two attached hydrogens (primary N) is 1. The van der Waals surface area contributed by atoms with E-state index >= 15 is 0 Å². The Morgan fingerprint density at radius 3 is 2.75 bits per heavy atom. The quantitative estimate of drug-likeness (QED) is 0.434. The Balaban J connectivity index is 4.75. The second-order valence-electron chi connectivity index (χ2n) is 0.414. The summed E-state index contributed by atoms with van der Waals surface area (Å²) in [5.74, 6) is 0. The van der Waals surface area contributed by atoms with Gasteiger partial charge in [-0.25, -0.2) is 0 Å². The Hall–Kier alpha value is -0.0400. The molecule has 4 heavy (non-hydrogen) atoms. The molecule has 0 rings (SSSR count). The van der Waals surface area contributed by atoms with E-state index < -0.39 is 19.7 Å². The molecule has 0 aromatic heterocycles. The molecule has 0 aromatic rings. The maximum atomic E-state index is 6.88. The smallest absolute Gasteiger partial charge is 0.0457 e. The molecule has 2 N–H and O–H groups in total. The Labute approximate surface area is 36.6 Å². The van der Waals surface area contributed by atoms with Crippen molar-refractivity contribution in [1.82, 2.24) is 0 Å². The van der Waals surface area contributed by atoms with Crippen molar-refractivity contribution in [2.45, 2.75) is 19.7 Å². The standard InChI is InChI=1S/C3H9N/c1-3(2)4/h3H,4H2,1-2H3/i1D3,2D3,3D. The summed E-state index contributed by atoms with van der Waals surface area (Å²) >= 11 is 0. The first-order valence-electron chi connectivity index (χ1n) is 4.29. The van der Waals surface area contributed by atoms with Gasteiger partial charge in [0.2, 0.25) is 0 Å². The topological polar surface area (TPSA) is 26.0 Å². The zero-order chi connectivity index (χ0) is 9.50. The second kappa shape index (κ2) is 1.30. The van der Waals surface area contributed by atoms with Gasteiger partial charge in [0.25, 0.3) is 0 Å². The van der Waals surface area contributed by atoms with Crippen LogP contribution in [0.2, 0.25) is 0 Å². The molecular formula is C3H9N. The molecular weight excluding hydrogens is 50.0 g/mol. The highest BCUT2D eigenvalue weighted by Crippen LogP contribution is 1.58. The molecule has 0 fully saturated rings. The average molecular weight is 66.2 g/mol. The van der Waals surface area contributed by atoms with Crippen LogP contribution in [0.15, 0.2) is 0 Å². The van der Waals surface area contributed by atoms with Crippen molar-refractivity contribution in [2.75, 3.05) is 0 Å². The lowest BCUT2D eigenvalue weighted by Crippen LogP contribution is -2.06. The SMILES string of the molecule is [2H]C([2H])([2H])C([2H])(N)C([2H])([2H])[2H]. The summed E-state index contributed by atoms with van der Waals surface area (Å²) in [5, 5.41) is 0. The van der Waals surface area contributed by atoms with E-state index in [-0.39, 0.29) is 0 Å². The minimum atomic E-state index is -2.99. The third kappa shape index (κ3) is 1130. The fraction of sp³-hybridized carbons (Fsp3) is 1.00. The fourth-order valence-corrected chi connectivity index (χ4v) is 0. The van der Waals surface area contributed by atoms with E-state index in [0.717, 1.165) is 0 Å². The van der Waals surface area contributed by atoms with Gasteiger partial charge in [0, 0.05) is 9.60 Å². The molecule has 0 spiro atoms. The molecule has 0 unspecified atom stereocenters. The maximum absolute atomic E-state index is 6.88. The van der Waals surface area contributed by atoms with Gasteiger partial charge in [0.15, 0.2) is 0 Å². The second-order valence-corrected chi connectivity index (χ2v) is 0.414. The number of rotatable bonds is 0. The maximum Gasteiger partial charge on any atom is 0.0457 e. The van der Waals surface area contributed by atoms with Gasteiger partial charge in [-0.05, 0) is 6.02 Å². The Morgan fingerprint density at radius 2 is 2.75 bits per heavy atom. The summed E-state index contributed by atoms with van der Waals surface area (Å²) < 4.78 is 46.8. The largest absolute Gasteiger partial charge is 0.328 e. The van der Waals surface area contributed by atoms with Gasteiger partial charge in [-0.15, -0.1) is 0 Å². The van der Waals surface area contributed by atoms with Crippen molar-refractivity contribution < 1.29 is 9.60 Å². The van der Waals surface area contributed by atoms with Crippen molar-refractivity contribution in [3.05, 3.63) is 0 Å². The molecule has 0 heterocycles. The van der Waals surface area contributed by atoms with Gasteiger partial charge in [-0.2, -0.15) is 0 Å². The van der Waals surface area contributed by atoms with E-state index in [1.165, 1.54) is 0 Å². The van der Waals surface area contributed by atoms with Crippen molar-refractivity contribution >= 4 is 0 Å². The molecule has 26 valence electrons. The number of hydrogen-bond donors (Lipinski definition) is 1. The van der Waals surface area contributed by atoms with Crippen LogP contribution in [0.4, 0.5) is 0 Å². The first-order chi connectivity index (χ1) is 4.50. The van der Waals surface area contributed by atoms with E-state index in [0.29, 0.717) is 0 Å². The zero-order valence-electron chi connectivity index (χ0n) is 9.08. The lowest BCUT2D eigenvalue weighted by atomic mass is 10.5. The van der Waals surface area contributed by atoms with E-state index in [1.54, 1.807) is 0 Å². The summed E-state index contributed by atoms with van der Waals surface area (Å²) in [6.45, 7) is -5.98. The molecule has 0 radical (unpaired) electrons. The third-order valence-electron chi connectivity index (χ3n) is 0. The van der Waals surface area contributed by atoms with E-state index in [2.05, 4.69) is 0 Å². The third-order valence-corrected chi connectivity index (χ3v) is 0. The average Bonchev–Trinajstić information content (AvgIpc) is 1.58. The van der Waals surface area contributed by atoms with Crippen molar-refractivity contribution in [3.8, 4) is 0 Å². The minimum absolute atomic E-state index is 2.88. The monoisotopic (exact) mass is 66.1 g/mol. The van der Waals surface area contributed by atoms with E-state index in [1.807, 2.05) is 0 Å². The molecule has 0 aliphatic heterocycles. The van der Waals surface area contributed by atoms with Gasteiger partial charge in [0.05, 0.1) is 0 Å². The summed E-state index contributed by atoms with van der Waals surface area (Å²) in [6, 6.07) is -2.88. The molecule has 0 atom stereocenters. The Morgan fingerprint density at radius 1 is 2.25 bits per heavy atom. The van der Waals surface area contributed by atoms with E-state index in [4.69, 9.17) is 15.3 Å². The van der Waals surface area contributed by atoms with Crippen LogP contribution in [-0.2, 0) is 0 Å². The summed E-state index contributed by atoms with van der Waals surface area (Å²) in [7, 11) is 0. The fourth-order valence-electron chi connectivity index (χ4n) is 0. The van der Waals surface area contributed by atoms with Crippen LogP contribution in [0.5, 0.6) is 0 Å². The van der Waals surface area contributed by atoms with Crippen LogP contribution >= 0.6 is 0 Å². The number of hydrogen-bond acceptors (Lipinski definition) is 1. The predicted octanol–water partition coefficient (Wildman–Crippen LogP) is 0.354. The lowest BCUT2D eigenvalue weighted by molar-refractivity contribution is 0.834. The molecule has 0 saturated carbocycles. The van der Waals surface area contributed by atoms with Crippen molar-refractivity contribution in [1.29, 1.82) is 0 Å². The van der Waals surface area contributed by atoms with Gasteiger partial charge < -0.3 is 5.73 Å². The Bertz CT molecular complexity index is 125. The molecule has 0 bridgehead atoms. The molecule has 0 aromatic carbocycles. The molecule has 0 amide bonds. The van der Waals surface area contributed by atoms with Crippen LogP contribution in [0, 0.1) is 0 Å². The first-order valence-corrected chi connectivity index (χ1v) is 0.789. The summed E-state index contributed by atoms with van der Waals surface area (Å²) in [6.07, 6.45) is 0. The van der Waals surface area contributed by atoms with Gasteiger partial charge >= 0.3 is 0 Å². The highest BCUT2D eigenvalue weighted by atomic mass is 14.6. The molecule has 1 nitrogen and oxygen atoms in total. The van der Waals surface area contributed by atoms with Crippen LogP contribution in [0.25, 0.3) is 0 Å². The molecule has 1 heteroatoms. The van der Waals surface area contributed by atoms with Gasteiger partial charge in [-0.3, -0.25) is 0 Å². The Kier molecular flexibility index (Phi) is 0.113. The molecule has 0 saturated heterocycles. The first kappa shape index (κ1) is 0.350. The van der Waals surface area contributed by atoms with Gasteiger partial charge in [0.1, 0.15) is 0 Å². The van der Waals surface area contributed by atoms with Crippen molar-refractivity contribution in [2.24, 2.45) is 5.73 Å². The van der Waals surface area contributed by atoms with Gasteiger partial charge in [-0.1, -0.05) is 13.7 Å². The minimum Gasteiger partial charge on any atom is -0.328 e. The highest BCUT2D eigenvalue weighted by molar-refractivity contribution is 4.32. The van der Waals surface area contributed by atoms with Crippen LogP contribution in [0.3, 0.4) is 0 Å². The highest BCUT2D eigenvalue weighted by Gasteiger charge is 1.67. The predicted molar refractivity (Wildman–Crippen MR) is 19.3 cm³/mol. The zero-order valence-corrected chi connectivity index (χ0v) is 2.08. The molecule has 0 aliphatic carbocycles.